The second-order valence-electron chi connectivity index (χ2n) is 7.51. The quantitative estimate of drug-likeness (QED) is 0.613. The molecule has 0 saturated carbocycles. The average Bonchev–Trinajstić information content (AvgIpc) is 2.57. The van der Waals surface area contributed by atoms with Crippen molar-refractivity contribution in [2.45, 2.75) is 58.8 Å². The predicted molar refractivity (Wildman–Crippen MR) is 103 cm³/mol. The van der Waals surface area contributed by atoms with E-state index in [1.165, 1.54) is 19.3 Å². The fraction of sp³-hybridized carbons (Fsp3) is 0.571. The molecule has 1 unspecified atom stereocenters. The van der Waals surface area contributed by atoms with E-state index < -0.39 is 0 Å². The molecule has 1 aliphatic carbocycles. The number of hydrogen-bond acceptors (Lipinski definition) is 4. The third-order valence-electron chi connectivity index (χ3n) is 5.38. The van der Waals surface area contributed by atoms with Crippen LogP contribution in [0.5, 0.6) is 5.75 Å². The summed E-state index contributed by atoms with van der Waals surface area (Å²) in [6.45, 7) is 5.38. The number of nitrogens with zero attached hydrogens (tertiary/aromatic N) is 1. The zero-order valence-corrected chi connectivity index (χ0v) is 15.6. The van der Waals surface area contributed by atoms with E-state index in [2.05, 4.69) is 25.8 Å². The molecule has 1 aromatic carbocycles. The Balaban J connectivity index is 2.06. The van der Waals surface area contributed by atoms with Crippen molar-refractivity contribution in [1.29, 1.82) is 0 Å². The van der Waals surface area contributed by atoms with Crippen LogP contribution in [0.1, 0.15) is 57.1 Å². The van der Waals surface area contributed by atoms with Crippen LogP contribution in [0.25, 0.3) is 11.0 Å². The van der Waals surface area contributed by atoms with Gasteiger partial charge in [-0.2, -0.15) is 0 Å². The lowest BCUT2D eigenvalue weighted by Crippen LogP contribution is -2.23. The van der Waals surface area contributed by atoms with Gasteiger partial charge in [-0.05, 0) is 37.2 Å². The van der Waals surface area contributed by atoms with Crippen molar-refractivity contribution < 1.29 is 9.52 Å². The highest BCUT2D eigenvalue weighted by molar-refractivity contribution is 5.95. The first-order chi connectivity index (χ1) is 12.0. The number of rotatable bonds is 6. The Morgan fingerprint density at radius 2 is 2.04 bits per heavy atom. The van der Waals surface area contributed by atoms with E-state index in [-0.39, 0.29) is 11.4 Å². The number of aromatic hydroxyl groups is 1. The minimum absolute atomic E-state index is 0.148. The number of phenols is 1. The van der Waals surface area contributed by atoms with E-state index >= 15 is 0 Å². The van der Waals surface area contributed by atoms with Crippen LogP contribution in [0, 0.1) is 5.92 Å². The van der Waals surface area contributed by atoms with Gasteiger partial charge >= 0.3 is 5.63 Å². The third-order valence-corrected chi connectivity index (χ3v) is 5.38. The van der Waals surface area contributed by atoms with Crippen LogP contribution in [0.2, 0.25) is 0 Å². The first-order valence-corrected chi connectivity index (χ1v) is 9.54. The van der Waals surface area contributed by atoms with Crippen molar-refractivity contribution >= 4 is 16.7 Å². The summed E-state index contributed by atoms with van der Waals surface area (Å²) in [5.74, 6) is 0.712. The molecule has 0 fully saturated rings. The van der Waals surface area contributed by atoms with Gasteiger partial charge < -0.3 is 14.4 Å². The molecule has 1 atom stereocenters. The Kier molecular flexibility index (Phi) is 5.36. The van der Waals surface area contributed by atoms with Crippen molar-refractivity contribution in [3.8, 4) is 5.75 Å². The Morgan fingerprint density at radius 1 is 1.24 bits per heavy atom. The summed E-state index contributed by atoms with van der Waals surface area (Å²) in [4.78, 5) is 14.6. The molecule has 4 nitrogen and oxygen atoms in total. The van der Waals surface area contributed by atoms with Gasteiger partial charge in [0.15, 0.2) is 0 Å². The second kappa shape index (κ2) is 7.51. The highest BCUT2D eigenvalue weighted by atomic mass is 16.4. The van der Waals surface area contributed by atoms with Crippen molar-refractivity contribution in [2.75, 3.05) is 18.5 Å². The summed E-state index contributed by atoms with van der Waals surface area (Å²) < 4.78 is 5.57. The van der Waals surface area contributed by atoms with E-state index in [0.29, 0.717) is 11.5 Å². The summed E-state index contributed by atoms with van der Waals surface area (Å²) in [6.07, 6.45) is 7.52. The predicted octanol–water partition coefficient (Wildman–Crippen LogP) is 4.64. The van der Waals surface area contributed by atoms with Crippen molar-refractivity contribution in [2.24, 2.45) is 5.92 Å². The number of fused-ring (bicyclic) bond motifs is 3. The Bertz CT molecular complexity index is 809. The summed E-state index contributed by atoms with van der Waals surface area (Å²) in [5, 5.41) is 11.1. The summed E-state index contributed by atoms with van der Waals surface area (Å²) in [5.41, 5.74) is 3.20. The average molecular weight is 343 g/mol. The molecule has 0 saturated heterocycles. The summed E-state index contributed by atoms with van der Waals surface area (Å²) in [7, 11) is 2.06. The molecule has 2 aromatic rings. The molecule has 0 radical (unpaired) electrons. The van der Waals surface area contributed by atoms with Crippen molar-refractivity contribution in [3.63, 3.8) is 0 Å². The molecule has 0 bridgehead atoms. The normalized spacial score (nSPS) is 16.8. The molecular formula is C21H29NO3. The second-order valence-corrected chi connectivity index (χ2v) is 7.51. The number of hydrogen-bond donors (Lipinski definition) is 1. The Hall–Kier alpha value is -1.97. The molecule has 25 heavy (non-hydrogen) atoms. The van der Waals surface area contributed by atoms with E-state index in [0.717, 1.165) is 54.4 Å². The number of anilines is 1. The summed E-state index contributed by atoms with van der Waals surface area (Å²) >= 11 is 0. The van der Waals surface area contributed by atoms with Gasteiger partial charge in [0.25, 0.3) is 0 Å². The molecule has 0 aliphatic heterocycles. The van der Waals surface area contributed by atoms with Crippen LogP contribution < -0.4 is 10.5 Å². The fourth-order valence-corrected chi connectivity index (χ4v) is 3.92. The Morgan fingerprint density at radius 3 is 2.80 bits per heavy atom. The minimum Gasteiger partial charge on any atom is -0.508 e. The van der Waals surface area contributed by atoms with Crippen LogP contribution in [0.4, 0.5) is 5.69 Å². The maximum absolute atomic E-state index is 12.4. The maximum Gasteiger partial charge on any atom is 0.339 e. The topological polar surface area (TPSA) is 53.7 Å². The molecule has 1 N–H and O–H groups in total. The van der Waals surface area contributed by atoms with Crippen molar-refractivity contribution in [3.05, 3.63) is 33.7 Å². The van der Waals surface area contributed by atoms with Gasteiger partial charge in [-0.1, -0.05) is 33.1 Å². The zero-order valence-electron chi connectivity index (χ0n) is 15.6. The van der Waals surface area contributed by atoms with E-state index in [1.54, 1.807) is 6.07 Å². The van der Waals surface area contributed by atoms with Gasteiger partial charge in [-0.15, -0.1) is 0 Å². The van der Waals surface area contributed by atoms with Crippen LogP contribution in [-0.4, -0.2) is 18.7 Å². The van der Waals surface area contributed by atoms with Gasteiger partial charge in [0, 0.05) is 36.7 Å². The summed E-state index contributed by atoms with van der Waals surface area (Å²) in [6, 6.07) is 3.38. The van der Waals surface area contributed by atoms with Gasteiger partial charge in [0.1, 0.15) is 11.3 Å². The molecule has 1 heterocycles. The lowest BCUT2D eigenvalue weighted by Gasteiger charge is -2.26. The molecule has 136 valence electrons. The standard InChI is InChI=1S/C21H29NO3/c1-4-5-6-7-10-22(3)18-12-15(23)13-19-20(18)17-11-14(2)8-9-16(17)21(24)25-19/h12-14,23H,4-11H2,1-3H3. The SMILES string of the molecule is CCCCCCN(C)c1cc(O)cc2oc(=O)c3c(c12)CC(C)CC3. The van der Waals surface area contributed by atoms with E-state index in [9.17, 15) is 9.90 Å². The van der Waals surface area contributed by atoms with Gasteiger partial charge in [0.05, 0.1) is 5.69 Å². The molecule has 1 aromatic heterocycles. The van der Waals surface area contributed by atoms with Gasteiger partial charge in [-0.25, -0.2) is 4.79 Å². The fourth-order valence-electron chi connectivity index (χ4n) is 3.92. The smallest absolute Gasteiger partial charge is 0.339 e. The van der Waals surface area contributed by atoms with Crippen molar-refractivity contribution in [1.82, 2.24) is 0 Å². The Labute approximate surface area is 149 Å². The monoisotopic (exact) mass is 343 g/mol. The highest BCUT2D eigenvalue weighted by Gasteiger charge is 2.24. The van der Waals surface area contributed by atoms with Crippen LogP contribution in [0.15, 0.2) is 21.3 Å². The molecular weight excluding hydrogens is 314 g/mol. The van der Waals surface area contributed by atoms with Crippen LogP contribution >= 0.6 is 0 Å². The molecule has 0 spiro atoms. The largest absolute Gasteiger partial charge is 0.508 e. The van der Waals surface area contributed by atoms with Crippen LogP contribution in [0.3, 0.4) is 0 Å². The zero-order chi connectivity index (χ0) is 18.0. The maximum atomic E-state index is 12.4. The minimum atomic E-state index is -0.239. The number of benzene rings is 1. The lowest BCUT2D eigenvalue weighted by molar-refractivity contribution is 0.465. The lowest BCUT2D eigenvalue weighted by atomic mass is 9.84. The molecule has 0 amide bonds. The van der Waals surface area contributed by atoms with E-state index in [4.69, 9.17) is 4.42 Å². The molecule has 1 aliphatic rings. The molecule has 3 rings (SSSR count). The van der Waals surface area contributed by atoms with E-state index in [1.807, 2.05) is 6.07 Å². The van der Waals surface area contributed by atoms with Crippen LogP contribution in [-0.2, 0) is 12.8 Å². The van der Waals surface area contributed by atoms with Gasteiger partial charge in [0.2, 0.25) is 0 Å². The first-order valence-electron chi connectivity index (χ1n) is 9.54. The third kappa shape index (κ3) is 3.68. The van der Waals surface area contributed by atoms with Gasteiger partial charge in [-0.3, -0.25) is 0 Å². The number of phenolic OH excluding ortho intramolecular Hbond substituents is 1. The first kappa shape index (κ1) is 17.8. The number of unbranched alkanes of at least 4 members (excludes halogenated alkanes) is 3. The highest BCUT2D eigenvalue weighted by Crippen LogP contribution is 2.37. The molecule has 4 heteroatoms.